The monoisotopic (exact) mass is 254 g/mol. The number of hydrogen-bond acceptors (Lipinski definition) is 2. The first-order valence-electron chi connectivity index (χ1n) is 7.80. The zero-order chi connectivity index (χ0) is 13.1. The quantitative estimate of drug-likeness (QED) is 0.589. The van der Waals surface area contributed by atoms with Crippen molar-refractivity contribution in [1.29, 1.82) is 0 Å². The Morgan fingerprint density at radius 1 is 1.22 bits per heavy atom. The van der Waals surface area contributed by atoms with Gasteiger partial charge in [0.15, 0.2) is 0 Å². The molecular formula is C15H30N2O. The van der Waals surface area contributed by atoms with Crippen molar-refractivity contribution in [2.24, 2.45) is 5.92 Å². The first-order chi connectivity index (χ1) is 8.83. The fraction of sp³-hybridized carbons (Fsp3) is 0.933. The van der Waals surface area contributed by atoms with Crippen molar-refractivity contribution in [1.82, 2.24) is 10.6 Å². The normalized spacial score (nSPS) is 19.1. The number of unbranched alkanes of at least 4 members (excludes halogenated alkanes) is 5. The molecule has 0 aromatic carbocycles. The summed E-state index contributed by atoms with van der Waals surface area (Å²) < 4.78 is 0. The van der Waals surface area contributed by atoms with Crippen molar-refractivity contribution in [2.75, 3.05) is 19.6 Å². The summed E-state index contributed by atoms with van der Waals surface area (Å²) in [5, 5.41) is 6.38. The van der Waals surface area contributed by atoms with Gasteiger partial charge in [0.25, 0.3) is 0 Å². The molecule has 0 saturated carbocycles. The Hall–Kier alpha value is -0.570. The molecular weight excluding hydrogens is 224 g/mol. The van der Waals surface area contributed by atoms with E-state index < -0.39 is 0 Å². The summed E-state index contributed by atoms with van der Waals surface area (Å²) in [4.78, 5) is 11.6. The molecule has 18 heavy (non-hydrogen) atoms. The van der Waals surface area contributed by atoms with Gasteiger partial charge in [-0.25, -0.2) is 0 Å². The molecule has 0 aromatic rings. The average Bonchev–Trinajstić information content (AvgIpc) is 2.88. The first-order valence-corrected chi connectivity index (χ1v) is 7.80. The van der Waals surface area contributed by atoms with E-state index in [1.54, 1.807) is 0 Å². The van der Waals surface area contributed by atoms with Gasteiger partial charge >= 0.3 is 0 Å². The summed E-state index contributed by atoms with van der Waals surface area (Å²) in [5.41, 5.74) is 0. The van der Waals surface area contributed by atoms with Gasteiger partial charge in [-0.1, -0.05) is 39.0 Å². The lowest BCUT2D eigenvalue weighted by Gasteiger charge is -2.08. The molecule has 2 N–H and O–H groups in total. The summed E-state index contributed by atoms with van der Waals surface area (Å²) in [6.07, 6.45) is 10.7. The maximum Gasteiger partial charge on any atom is 0.220 e. The molecule has 0 spiro atoms. The molecule has 1 atom stereocenters. The number of hydrogen-bond donors (Lipinski definition) is 2. The van der Waals surface area contributed by atoms with Crippen LogP contribution < -0.4 is 10.6 Å². The predicted octanol–water partition coefficient (Wildman–Crippen LogP) is 2.85. The fourth-order valence-electron chi connectivity index (χ4n) is 2.52. The zero-order valence-electron chi connectivity index (χ0n) is 12.0. The Bertz CT molecular complexity index is 213. The highest BCUT2D eigenvalue weighted by molar-refractivity contribution is 5.75. The predicted molar refractivity (Wildman–Crippen MR) is 76.6 cm³/mol. The number of rotatable bonds is 10. The molecule has 1 heterocycles. The van der Waals surface area contributed by atoms with Crippen LogP contribution in [0.1, 0.15) is 64.7 Å². The van der Waals surface area contributed by atoms with Crippen LogP contribution in [0.25, 0.3) is 0 Å². The van der Waals surface area contributed by atoms with Crippen LogP contribution in [0.2, 0.25) is 0 Å². The van der Waals surface area contributed by atoms with Gasteiger partial charge < -0.3 is 10.6 Å². The third-order valence-corrected chi connectivity index (χ3v) is 3.79. The Balaban J connectivity index is 1.84. The van der Waals surface area contributed by atoms with Crippen LogP contribution in [-0.2, 0) is 4.79 Å². The van der Waals surface area contributed by atoms with E-state index in [-0.39, 0.29) is 5.91 Å². The van der Waals surface area contributed by atoms with Crippen LogP contribution in [0.5, 0.6) is 0 Å². The van der Waals surface area contributed by atoms with E-state index in [1.165, 1.54) is 38.5 Å². The van der Waals surface area contributed by atoms with Crippen LogP contribution in [0.15, 0.2) is 0 Å². The van der Waals surface area contributed by atoms with E-state index in [4.69, 9.17) is 0 Å². The standard InChI is InChI=1S/C15H30N2O/c1-2-3-4-5-6-7-11-17-15(18)9-8-14-10-12-16-13-14/h14,16H,2-13H2,1H3,(H,17,18). The van der Waals surface area contributed by atoms with Crippen molar-refractivity contribution in [2.45, 2.75) is 64.7 Å². The van der Waals surface area contributed by atoms with E-state index in [2.05, 4.69) is 17.6 Å². The van der Waals surface area contributed by atoms with Gasteiger partial charge in [0.2, 0.25) is 5.91 Å². The second-order valence-corrected chi connectivity index (χ2v) is 5.52. The van der Waals surface area contributed by atoms with E-state index in [1.807, 2.05) is 0 Å². The van der Waals surface area contributed by atoms with Crippen molar-refractivity contribution < 1.29 is 4.79 Å². The van der Waals surface area contributed by atoms with Crippen LogP contribution in [0, 0.1) is 5.92 Å². The zero-order valence-corrected chi connectivity index (χ0v) is 12.0. The molecule has 106 valence electrons. The minimum absolute atomic E-state index is 0.246. The summed E-state index contributed by atoms with van der Waals surface area (Å²) >= 11 is 0. The molecule has 1 aliphatic heterocycles. The van der Waals surface area contributed by atoms with Crippen molar-refractivity contribution >= 4 is 5.91 Å². The van der Waals surface area contributed by atoms with Gasteiger partial charge in [-0.2, -0.15) is 0 Å². The summed E-state index contributed by atoms with van der Waals surface area (Å²) in [7, 11) is 0. The molecule has 1 unspecified atom stereocenters. The maximum atomic E-state index is 11.6. The van der Waals surface area contributed by atoms with Gasteiger partial charge in [0.1, 0.15) is 0 Å². The number of amides is 1. The number of carbonyl (C=O) groups is 1. The third kappa shape index (κ3) is 7.70. The summed E-state index contributed by atoms with van der Waals surface area (Å²) in [6, 6.07) is 0. The molecule has 1 saturated heterocycles. The van der Waals surface area contributed by atoms with Crippen molar-refractivity contribution in [3.63, 3.8) is 0 Å². The lowest BCUT2D eigenvalue weighted by atomic mass is 10.0. The number of carbonyl (C=O) groups excluding carboxylic acids is 1. The van der Waals surface area contributed by atoms with Gasteiger partial charge in [0, 0.05) is 13.0 Å². The van der Waals surface area contributed by atoms with E-state index in [9.17, 15) is 4.79 Å². The second-order valence-electron chi connectivity index (χ2n) is 5.52. The maximum absolute atomic E-state index is 11.6. The lowest BCUT2D eigenvalue weighted by molar-refractivity contribution is -0.121. The lowest BCUT2D eigenvalue weighted by Crippen LogP contribution is -2.25. The van der Waals surface area contributed by atoms with E-state index >= 15 is 0 Å². The van der Waals surface area contributed by atoms with E-state index in [0.717, 1.165) is 38.4 Å². The van der Waals surface area contributed by atoms with Gasteiger partial charge in [0.05, 0.1) is 0 Å². The highest BCUT2D eigenvalue weighted by atomic mass is 16.1. The molecule has 3 nitrogen and oxygen atoms in total. The van der Waals surface area contributed by atoms with Crippen LogP contribution in [0.3, 0.4) is 0 Å². The average molecular weight is 254 g/mol. The molecule has 0 aliphatic carbocycles. The fourth-order valence-corrected chi connectivity index (χ4v) is 2.52. The number of nitrogens with one attached hydrogen (secondary N) is 2. The Kier molecular flexibility index (Phi) is 8.92. The van der Waals surface area contributed by atoms with Gasteiger partial charge in [-0.05, 0) is 38.3 Å². The summed E-state index contributed by atoms with van der Waals surface area (Å²) in [6.45, 7) is 5.34. The van der Waals surface area contributed by atoms with Gasteiger partial charge in [-0.3, -0.25) is 4.79 Å². The minimum atomic E-state index is 0.246. The van der Waals surface area contributed by atoms with E-state index in [0.29, 0.717) is 6.42 Å². The molecule has 3 heteroatoms. The molecule has 1 fully saturated rings. The first kappa shape index (κ1) is 15.5. The summed E-state index contributed by atoms with van der Waals surface area (Å²) in [5.74, 6) is 0.972. The van der Waals surface area contributed by atoms with Crippen LogP contribution in [-0.4, -0.2) is 25.5 Å². The highest BCUT2D eigenvalue weighted by Gasteiger charge is 2.15. The molecule has 0 aromatic heterocycles. The SMILES string of the molecule is CCCCCCCCNC(=O)CCC1CCNC1. The topological polar surface area (TPSA) is 41.1 Å². The van der Waals surface area contributed by atoms with Crippen molar-refractivity contribution in [3.8, 4) is 0 Å². The molecule has 0 bridgehead atoms. The smallest absolute Gasteiger partial charge is 0.220 e. The van der Waals surface area contributed by atoms with Crippen molar-refractivity contribution in [3.05, 3.63) is 0 Å². The Morgan fingerprint density at radius 2 is 2.00 bits per heavy atom. The molecule has 1 aliphatic rings. The van der Waals surface area contributed by atoms with Crippen LogP contribution >= 0.6 is 0 Å². The second kappa shape index (κ2) is 10.4. The van der Waals surface area contributed by atoms with Gasteiger partial charge in [-0.15, -0.1) is 0 Å². The molecule has 1 amide bonds. The Morgan fingerprint density at radius 3 is 2.72 bits per heavy atom. The minimum Gasteiger partial charge on any atom is -0.356 e. The largest absolute Gasteiger partial charge is 0.356 e. The van der Waals surface area contributed by atoms with Crippen LogP contribution in [0.4, 0.5) is 0 Å². The highest BCUT2D eigenvalue weighted by Crippen LogP contribution is 2.13. The molecule has 0 radical (unpaired) electrons. The Labute approximate surface area is 112 Å². The molecule has 1 rings (SSSR count). The third-order valence-electron chi connectivity index (χ3n) is 3.79.